The molecule has 30 heavy (non-hydrogen) atoms. The number of hydrogen-bond acceptors (Lipinski definition) is 5. The molecule has 8 nitrogen and oxygen atoms in total. The third-order valence-electron chi connectivity index (χ3n) is 5.08. The predicted molar refractivity (Wildman–Crippen MR) is 113 cm³/mol. The van der Waals surface area contributed by atoms with Gasteiger partial charge in [0.25, 0.3) is 0 Å². The second kappa shape index (κ2) is 7.90. The molecule has 1 atom stereocenters. The average molecular weight is 406 g/mol. The van der Waals surface area contributed by atoms with Gasteiger partial charge in [0.15, 0.2) is 11.5 Å². The molecule has 8 heteroatoms. The molecule has 4 rings (SSSR count). The van der Waals surface area contributed by atoms with Crippen LogP contribution in [0.5, 0.6) is 11.5 Å². The van der Waals surface area contributed by atoms with E-state index in [1.165, 1.54) is 7.11 Å². The van der Waals surface area contributed by atoms with Crippen LogP contribution < -0.4 is 20.1 Å². The molecule has 0 saturated heterocycles. The molecule has 0 aliphatic carbocycles. The summed E-state index contributed by atoms with van der Waals surface area (Å²) in [6.07, 6.45) is 0.00146. The maximum atomic E-state index is 13.1. The van der Waals surface area contributed by atoms with Crippen LogP contribution in [0.2, 0.25) is 0 Å². The number of carbonyl (C=O) groups is 2. The van der Waals surface area contributed by atoms with Crippen LogP contribution in [-0.2, 0) is 9.59 Å². The molecule has 2 aromatic carbocycles. The molecule has 0 unspecified atom stereocenters. The highest BCUT2D eigenvalue weighted by Gasteiger charge is 2.34. The van der Waals surface area contributed by atoms with Gasteiger partial charge in [0, 0.05) is 22.9 Å². The summed E-state index contributed by atoms with van der Waals surface area (Å²) < 4.78 is 12.1. The summed E-state index contributed by atoms with van der Waals surface area (Å²) in [7, 11) is 3.07. The quantitative estimate of drug-likeness (QED) is 0.677. The van der Waals surface area contributed by atoms with Crippen molar-refractivity contribution in [2.75, 3.05) is 24.9 Å². The fourth-order valence-electron chi connectivity index (χ4n) is 3.55. The highest BCUT2D eigenvalue weighted by atomic mass is 16.5. The SMILES string of the molecule is COc1ccc(NC(=O)[C@@H]2CC(=O)Nc3c(C)c(-c4ccccc4)nn32)cc1OC. The molecule has 1 aromatic heterocycles. The lowest BCUT2D eigenvalue weighted by Gasteiger charge is -2.24. The number of ether oxygens (including phenoxy) is 2. The molecule has 0 saturated carbocycles. The van der Waals surface area contributed by atoms with Gasteiger partial charge in [-0.1, -0.05) is 30.3 Å². The molecule has 0 fully saturated rings. The number of methoxy groups -OCH3 is 2. The summed E-state index contributed by atoms with van der Waals surface area (Å²) in [6.45, 7) is 1.88. The highest BCUT2D eigenvalue weighted by Crippen LogP contribution is 2.35. The molecule has 2 heterocycles. The van der Waals surface area contributed by atoms with E-state index in [2.05, 4.69) is 15.7 Å². The highest BCUT2D eigenvalue weighted by molar-refractivity contribution is 6.02. The number of aromatic nitrogens is 2. The minimum absolute atomic E-state index is 0.00146. The van der Waals surface area contributed by atoms with Gasteiger partial charge in [-0.05, 0) is 19.1 Å². The van der Waals surface area contributed by atoms with E-state index in [-0.39, 0.29) is 18.2 Å². The van der Waals surface area contributed by atoms with Crippen molar-refractivity contribution in [2.24, 2.45) is 0 Å². The molecule has 1 aliphatic rings. The predicted octanol–water partition coefficient (Wildman–Crippen LogP) is 3.40. The maximum Gasteiger partial charge on any atom is 0.249 e. The van der Waals surface area contributed by atoms with Crippen LogP contribution in [0.1, 0.15) is 18.0 Å². The van der Waals surface area contributed by atoms with E-state index in [0.717, 1.165) is 16.8 Å². The molecule has 1 aliphatic heterocycles. The zero-order valence-electron chi connectivity index (χ0n) is 16.9. The Balaban J connectivity index is 1.66. The molecular weight excluding hydrogens is 384 g/mol. The van der Waals surface area contributed by atoms with E-state index in [4.69, 9.17) is 9.47 Å². The fraction of sp³-hybridized carbons (Fsp3) is 0.227. The number of amides is 2. The topological polar surface area (TPSA) is 94.5 Å². The first kappa shape index (κ1) is 19.5. The van der Waals surface area contributed by atoms with Crippen molar-refractivity contribution in [1.29, 1.82) is 0 Å². The molecular formula is C22H22N4O4. The number of carbonyl (C=O) groups excluding carboxylic acids is 2. The van der Waals surface area contributed by atoms with E-state index >= 15 is 0 Å². The second-order valence-corrected chi connectivity index (χ2v) is 6.96. The Bertz CT molecular complexity index is 1110. The van der Waals surface area contributed by atoms with Crippen LogP contribution in [0.25, 0.3) is 11.3 Å². The van der Waals surface area contributed by atoms with Crippen LogP contribution in [0, 0.1) is 6.92 Å². The van der Waals surface area contributed by atoms with E-state index in [1.54, 1.807) is 30.0 Å². The number of nitrogens with one attached hydrogen (secondary N) is 2. The van der Waals surface area contributed by atoms with E-state index in [9.17, 15) is 9.59 Å². The van der Waals surface area contributed by atoms with Gasteiger partial charge >= 0.3 is 0 Å². The van der Waals surface area contributed by atoms with Gasteiger partial charge in [0.2, 0.25) is 11.8 Å². The van der Waals surface area contributed by atoms with Gasteiger partial charge in [-0.3, -0.25) is 9.59 Å². The lowest BCUT2D eigenvalue weighted by atomic mass is 10.1. The summed E-state index contributed by atoms with van der Waals surface area (Å²) in [5.74, 6) is 1.04. The molecule has 0 spiro atoms. The Morgan fingerprint density at radius 2 is 1.87 bits per heavy atom. The van der Waals surface area contributed by atoms with Crippen molar-refractivity contribution in [2.45, 2.75) is 19.4 Å². The number of benzene rings is 2. The van der Waals surface area contributed by atoms with Crippen molar-refractivity contribution >= 4 is 23.3 Å². The third kappa shape index (κ3) is 3.47. The van der Waals surface area contributed by atoms with Crippen molar-refractivity contribution in [3.8, 4) is 22.8 Å². The second-order valence-electron chi connectivity index (χ2n) is 6.96. The number of nitrogens with zero attached hydrogens (tertiary/aromatic N) is 2. The van der Waals surface area contributed by atoms with Crippen LogP contribution in [0.4, 0.5) is 11.5 Å². The van der Waals surface area contributed by atoms with Gasteiger partial charge in [-0.2, -0.15) is 5.10 Å². The van der Waals surface area contributed by atoms with Crippen molar-refractivity contribution in [1.82, 2.24) is 9.78 Å². The van der Waals surface area contributed by atoms with Gasteiger partial charge in [-0.15, -0.1) is 0 Å². The Hall–Kier alpha value is -3.81. The lowest BCUT2D eigenvalue weighted by Crippen LogP contribution is -2.35. The van der Waals surface area contributed by atoms with Crippen LogP contribution in [0.3, 0.4) is 0 Å². The summed E-state index contributed by atoms with van der Waals surface area (Å²) in [6, 6.07) is 14.0. The molecule has 2 N–H and O–H groups in total. The minimum atomic E-state index is -0.766. The summed E-state index contributed by atoms with van der Waals surface area (Å²) in [4.78, 5) is 25.4. The molecule has 154 valence electrons. The van der Waals surface area contributed by atoms with E-state index in [0.29, 0.717) is 23.0 Å². The largest absolute Gasteiger partial charge is 0.493 e. The molecule has 2 amide bonds. The summed E-state index contributed by atoms with van der Waals surface area (Å²) in [5, 5.41) is 10.4. The maximum absolute atomic E-state index is 13.1. The first-order valence-corrected chi connectivity index (χ1v) is 9.49. The molecule has 3 aromatic rings. The van der Waals surface area contributed by atoms with Gasteiger partial charge in [0.1, 0.15) is 11.9 Å². The minimum Gasteiger partial charge on any atom is -0.493 e. The van der Waals surface area contributed by atoms with E-state index < -0.39 is 6.04 Å². The lowest BCUT2D eigenvalue weighted by molar-refractivity contribution is -0.125. The zero-order chi connectivity index (χ0) is 21.3. The monoisotopic (exact) mass is 406 g/mol. The van der Waals surface area contributed by atoms with Crippen molar-refractivity contribution in [3.05, 3.63) is 54.1 Å². The average Bonchev–Trinajstić information content (AvgIpc) is 3.10. The van der Waals surface area contributed by atoms with Gasteiger partial charge in [-0.25, -0.2) is 4.68 Å². The third-order valence-corrected chi connectivity index (χ3v) is 5.08. The number of fused-ring (bicyclic) bond motifs is 1. The normalized spacial score (nSPS) is 15.2. The first-order chi connectivity index (χ1) is 14.5. The van der Waals surface area contributed by atoms with Gasteiger partial charge in [0.05, 0.1) is 26.3 Å². The number of anilines is 2. The Morgan fingerprint density at radius 1 is 1.13 bits per heavy atom. The molecule has 0 radical (unpaired) electrons. The summed E-state index contributed by atoms with van der Waals surface area (Å²) in [5.41, 5.74) is 3.01. The Kier molecular flexibility index (Phi) is 5.14. The Morgan fingerprint density at radius 3 is 2.57 bits per heavy atom. The first-order valence-electron chi connectivity index (χ1n) is 9.49. The zero-order valence-corrected chi connectivity index (χ0v) is 16.9. The van der Waals surface area contributed by atoms with Crippen LogP contribution in [0.15, 0.2) is 48.5 Å². The standard InChI is InChI=1S/C22H22N4O4/c1-13-20(14-7-5-4-6-8-14)25-26-16(12-19(27)24-21(13)26)22(28)23-15-9-10-17(29-2)18(11-15)30-3/h4-11,16H,12H2,1-3H3,(H,23,28)(H,24,27)/t16-/m0/s1. The smallest absolute Gasteiger partial charge is 0.249 e. The van der Waals surface area contributed by atoms with Crippen molar-refractivity contribution in [3.63, 3.8) is 0 Å². The fourth-order valence-corrected chi connectivity index (χ4v) is 3.55. The van der Waals surface area contributed by atoms with Crippen molar-refractivity contribution < 1.29 is 19.1 Å². The summed E-state index contributed by atoms with van der Waals surface area (Å²) >= 11 is 0. The van der Waals surface area contributed by atoms with Gasteiger partial charge < -0.3 is 20.1 Å². The number of rotatable bonds is 5. The van der Waals surface area contributed by atoms with Crippen LogP contribution >= 0.6 is 0 Å². The number of hydrogen-bond donors (Lipinski definition) is 2. The Labute approximate surface area is 173 Å². The van der Waals surface area contributed by atoms with E-state index in [1.807, 2.05) is 37.3 Å². The van der Waals surface area contributed by atoms with Crippen LogP contribution in [-0.4, -0.2) is 35.8 Å². The molecule has 0 bridgehead atoms.